The highest BCUT2D eigenvalue weighted by Crippen LogP contribution is 2.07. The van der Waals surface area contributed by atoms with Gasteiger partial charge in [-0.2, -0.15) is 5.10 Å². The van der Waals surface area contributed by atoms with Crippen LogP contribution in [-0.4, -0.2) is 32.6 Å². The first-order chi connectivity index (χ1) is 9.69. The Balaban J connectivity index is 2.04. The number of aromatic nitrogens is 4. The molecular weight excluding hydrogens is 280 g/mol. The number of hydrogen-bond acceptors (Lipinski definition) is 5. The van der Waals surface area contributed by atoms with Gasteiger partial charge in [-0.15, -0.1) is 10.2 Å². The molecule has 0 unspecified atom stereocenters. The first-order valence-electron chi connectivity index (χ1n) is 5.88. The number of hydrogen-bond donors (Lipinski definition) is 0. The molecule has 2 aromatic heterocycles. The van der Waals surface area contributed by atoms with Crippen LogP contribution in [0.25, 0.3) is 5.82 Å². The molecule has 0 N–H and O–H groups in total. The number of ether oxygens (including phenoxy) is 1. The smallest absolute Gasteiger partial charge is 0.317 e. The molecule has 0 saturated heterocycles. The second kappa shape index (κ2) is 6.68. The summed E-state index contributed by atoms with van der Waals surface area (Å²) in [6.07, 6.45) is 3.32. The fourth-order valence-electron chi connectivity index (χ4n) is 1.37. The van der Waals surface area contributed by atoms with Gasteiger partial charge >= 0.3 is 5.97 Å². The summed E-state index contributed by atoms with van der Waals surface area (Å²) in [6, 6.07) is 3.32. The lowest BCUT2D eigenvalue weighted by Gasteiger charge is -1.97. The van der Waals surface area contributed by atoms with Crippen molar-refractivity contribution in [2.75, 3.05) is 6.61 Å². The Kier molecular flexibility index (Phi) is 4.69. The molecule has 0 radical (unpaired) electrons. The predicted octanol–water partition coefficient (Wildman–Crippen LogP) is 1.62. The van der Waals surface area contributed by atoms with Gasteiger partial charge in [-0.05, 0) is 19.1 Å². The minimum Gasteiger partial charge on any atom is -0.465 e. The van der Waals surface area contributed by atoms with Crippen LogP contribution in [0, 0.1) is 11.8 Å². The molecule has 0 atom stereocenters. The van der Waals surface area contributed by atoms with Crippen LogP contribution < -0.4 is 0 Å². The highest BCUT2D eigenvalue weighted by Gasteiger charge is 2.01. The third kappa shape index (κ3) is 3.80. The second-order valence-corrected chi connectivity index (χ2v) is 4.06. The SMILES string of the molecule is CCOC(=O)CC#Cc1cnn(-c2ccc(Cl)nn2)c1. The number of nitrogens with zero attached hydrogens (tertiary/aromatic N) is 4. The molecule has 2 heterocycles. The van der Waals surface area contributed by atoms with E-state index in [2.05, 4.69) is 27.1 Å². The Hall–Kier alpha value is -2.39. The van der Waals surface area contributed by atoms with E-state index in [-0.39, 0.29) is 12.4 Å². The minimum absolute atomic E-state index is 0.0553. The summed E-state index contributed by atoms with van der Waals surface area (Å²) < 4.78 is 6.30. The van der Waals surface area contributed by atoms with Gasteiger partial charge in [-0.3, -0.25) is 4.79 Å². The van der Waals surface area contributed by atoms with Crippen molar-refractivity contribution in [1.29, 1.82) is 0 Å². The Bertz CT molecular complexity index is 655. The molecule has 0 saturated carbocycles. The predicted molar refractivity (Wildman–Crippen MR) is 72.3 cm³/mol. The minimum atomic E-state index is -0.337. The average Bonchev–Trinajstić information content (AvgIpc) is 2.89. The molecular formula is C13H11ClN4O2. The van der Waals surface area contributed by atoms with Gasteiger partial charge in [-0.1, -0.05) is 23.4 Å². The molecule has 2 rings (SSSR count). The van der Waals surface area contributed by atoms with Crippen LogP contribution in [0.3, 0.4) is 0 Å². The first kappa shape index (κ1) is 14.0. The quantitative estimate of drug-likeness (QED) is 0.634. The normalized spacial score (nSPS) is 9.70. The monoisotopic (exact) mass is 290 g/mol. The zero-order chi connectivity index (χ0) is 14.4. The van der Waals surface area contributed by atoms with E-state index in [0.717, 1.165) is 0 Å². The molecule has 0 spiro atoms. The second-order valence-electron chi connectivity index (χ2n) is 3.67. The van der Waals surface area contributed by atoms with Gasteiger partial charge in [0.25, 0.3) is 0 Å². The van der Waals surface area contributed by atoms with Gasteiger partial charge in [-0.25, -0.2) is 4.68 Å². The standard InChI is InChI=1S/C13H11ClN4O2/c1-2-20-13(19)5-3-4-10-8-15-18(9-10)12-7-6-11(14)16-17-12/h6-9H,2,5H2,1H3. The third-order valence-corrected chi connectivity index (χ3v) is 2.41. The van der Waals surface area contributed by atoms with E-state index in [1.54, 1.807) is 31.5 Å². The highest BCUT2D eigenvalue weighted by atomic mass is 35.5. The van der Waals surface area contributed by atoms with E-state index in [4.69, 9.17) is 16.3 Å². The topological polar surface area (TPSA) is 69.9 Å². The molecule has 0 fully saturated rings. The van der Waals surface area contributed by atoms with E-state index >= 15 is 0 Å². The van der Waals surface area contributed by atoms with E-state index in [0.29, 0.717) is 23.1 Å². The number of halogens is 1. The molecule has 0 aromatic carbocycles. The van der Waals surface area contributed by atoms with Crippen molar-refractivity contribution in [3.05, 3.63) is 35.2 Å². The fourth-order valence-corrected chi connectivity index (χ4v) is 1.48. The number of esters is 1. The van der Waals surface area contributed by atoms with Crippen LogP contribution in [0.2, 0.25) is 5.15 Å². The van der Waals surface area contributed by atoms with Gasteiger partial charge in [0, 0.05) is 6.20 Å². The largest absolute Gasteiger partial charge is 0.465 e. The van der Waals surface area contributed by atoms with Crippen molar-refractivity contribution < 1.29 is 9.53 Å². The van der Waals surface area contributed by atoms with Gasteiger partial charge < -0.3 is 4.74 Å². The van der Waals surface area contributed by atoms with Crippen LogP contribution in [0.1, 0.15) is 18.9 Å². The molecule has 7 heteroatoms. The molecule has 0 bridgehead atoms. The zero-order valence-corrected chi connectivity index (χ0v) is 11.5. The van der Waals surface area contributed by atoms with E-state index in [1.807, 2.05) is 0 Å². The number of rotatable bonds is 3. The van der Waals surface area contributed by atoms with Crippen LogP contribution >= 0.6 is 11.6 Å². The molecule has 102 valence electrons. The Labute approximate surface area is 120 Å². The molecule has 0 aliphatic heterocycles. The van der Waals surface area contributed by atoms with Crippen LogP contribution in [0.5, 0.6) is 0 Å². The molecule has 20 heavy (non-hydrogen) atoms. The van der Waals surface area contributed by atoms with Crippen molar-refractivity contribution in [1.82, 2.24) is 20.0 Å². The summed E-state index contributed by atoms with van der Waals surface area (Å²) in [5.74, 6) is 5.75. The molecule has 0 aliphatic carbocycles. The Morgan fingerprint density at radius 3 is 3.00 bits per heavy atom. The van der Waals surface area contributed by atoms with Crippen molar-refractivity contribution in [2.45, 2.75) is 13.3 Å². The fraction of sp³-hybridized carbons (Fsp3) is 0.231. The van der Waals surface area contributed by atoms with Crippen molar-refractivity contribution in [3.63, 3.8) is 0 Å². The summed E-state index contributed by atoms with van der Waals surface area (Å²) >= 11 is 5.66. The summed E-state index contributed by atoms with van der Waals surface area (Å²) in [7, 11) is 0. The lowest BCUT2D eigenvalue weighted by molar-refractivity contribution is -0.141. The van der Waals surface area contributed by atoms with Gasteiger partial charge in [0.15, 0.2) is 11.0 Å². The van der Waals surface area contributed by atoms with E-state index in [1.165, 1.54) is 4.68 Å². The van der Waals surface area contributed by atoms with E-state index < -0.39 is 0 Å². The first-order valence-corrected chi connectivity index (χ1v) is 6.25. The van der Waals surface area contributed by atoms with Gasteiger partial charge in [0.1, 0.15) is 6.42 Å². The van der Waals surface area contributed by atoms with Gasteiger partial charge in [0.05, 0.1) is 18.4 Å². The number of carbonyl (C=O) groups is 1. The molecule has 2 aromatic rings. The zero-order valence-electron chi connectivity index (χ0n) is 10.7. The molecule has 0 aliphatic rings. The average molecular weight is 291 g/mol. The molecule has 6 nitrogen and oxygen atoms in total. The number of carbonyl (C=O) groups excluding carboxylic acids is 1. The summed E-state index contributed by atoms with van der Waals surface area (Å²) in [6.45, 7) is 2.11. The van der Waals surface area contributed by atoms with E-state index in [9.17, 15) is 4.79 Å². The van der Waals surface area contributed by atoms with Crippen molar-refractivity contribution in [3.8, 4) is 17.7 Å². The summed E-state index contributed by atoms with van der Waals surface area (Å²) in [5, 5.41) is 12.0. The van der Waals surface area contributed by atoms with Crippen LogP contribution in [-0.2, 0) is 9.53 Å². The van der Waals surface area contributed by atoms with Gasteiger partial charge in [0.2, 0.25) is 0 Å². The lowest BCUT2D eigenvalue weighted by Crippen LogP contribution is -2.01. The van der Waals surface area contributed by atoms with Crippen LogP contribution in [0.4, 0.5) is 0 Å². The highest BCUT2D eigenvalue weighted by molar-refractivity contribution is 6.29. The Morgan fingerprint density at radius 2 is 2.30 bits per heavy atom. The maximum absolute atomic E-state index is 11.1. The van der Waals surface area contributed by atoms with Crippen molar-refractivity contribution in [2.24, 2.45) is 0 Å². The van der Waals surface area contributed by atoms with Crippen LogP contribution in [0.15, 0.2) is 24.5 Å². The third-order valence-electron chi connectivity index (χ3n) is 2.21. The molecule has 0 amide bonds. The maximum Gasteiger partial charge on any atom is 0.317 e. The maximum atomic E-state index is 11.1. The summed E-state index contributed by atoms with van der Waals surface area (Å²) in [5.41, 5.74) is 0.672. The Morgan fingerprint density at radius 1 is 1.45 bits per heavy atom. The lowest BCUT2D eigenvalue weighted by atomic mass is 10.3. The van der Waals surface area contributed by atoms with Crippen molar-refractivity contribution >= 4 is 17.6 Å². The summed E-state index contributed by atoms with van der Waals surface area (Å²) in [4.78, 5) is 11.1.